The molecule has 0 atom stereocenters. The number of hydrogen-bond donors (Lipinski definition) is 0. The van der Waals surface area contributed by atoms with Crippen molar-refractivity contribution in [1.29, 1.82) is 0 Å². The summed E-state index contributed by atoms with van der Waals surface area (Å²) in [5, 5.41) is 9.22. The van der Waals surface area contributed by atoms with E-state index in [1.807, 2.05) is 0 Å². The van der Waals surface area contributed by atoms with Crippen LogP contribution >= 0.6 is 11.8 Å². The van der Waals surface area contributed by atoms with E-state index in [1.165, 1.54) is 48.9 Å². The van der Waals surface area contributed by atoms with Crippen LogP contribution in [0.25, 0.3) is 0 Å². The summed E-state index contributed by atoms with van der Waals surface area (Å²) in [6.45, 7) is 2.87. The highest BCUT2D eigenvalue weighted by atomic mass is 32.2. The van der Waals surface area contributed by atoms with Crippen LogP contribution < -0.4 is 0 Å². The molecule has 1 aromatic heterocycles. The number of hydrogen-bond acceptors (Lipinski definition) is 4. The number of halogens is 1. The van der Waals surface area contributed by atoms with Gasteiger partial charge < -0.3 is 4.57 Å². The second kappa shape index (κ2) is 5.97. The average molecular weight is 305 g/mol. The van der Waals surface area contributed by atoms with Gasteiger partial charge in [0.05, 0.1) is 5.75 Å². The van der Waals surface area contributed by atoms with Crippen molar-refractivity contribution in [2.75, 3.05) is 5.75 Å². The molecule has 1 aliphatic carbocycles. The van der Waals surface area contributed by atoms with Gasteiger partial charge in [-0.15, -0.1) is 10.2 Å². The van der Waals surface area contributed by atoms with Crippen molar-refractivity contribution < 1.29 is 9.18 Å². The van der Waals surface area contributed by atoms with E-state index in [2.05, 4.69) is 21.7 Å². The Morgan fingerprint density at radius 2 is 2.05 bits per heavy atom. The summed E-state index contributed by atoms with van der Waals surface area (Å²) in [5.41, 5.74) is 0.522. The fourth-order valence-electron chi connectivity index (χ4n) is 2.20. The second-order valence-electron chi connectivity index (χ2n) is 5.08. The van der Waals surface area contributed by atoms with Gasteiger partial charge in [-0.3, -0.25) is 4.79 Å². The van der Waals surface area contributed by atoms with Crippen LogP contribution in [0.2, 0.25) is 0 Å². The standard InChI is InChI=1S/C15H16FN3OS/c1-2-19-14(11-3-4-11)17-18-15(19)21-9-13(20)10-5-7-12(16)8-6-10/h5-8,11H,2-4,9H2,1H3. The van der Waals surface area contributed by atoms with E-state index in [0.717, 1.165) is 17.5 Å². The third-order valence-corrected chi connectivity index (χ3v) is 4.47. The normalized spacial score (nSPS) is 14.4. The van der Waals surface area contributed by atoms with Crippen molar-refractivity contribution in [2.45, 2.75) is 37.4 Å². The van der Waals surface area contributed by atoms with Gasteiger partial charge in [-0.2, -0.15) is 0 Å². The van der Waals surface area contributed by atoms with Gasteiger partial charge in [0, 0.05) is 18.0 Å². The number of aromatic nitrogens is 3. The van der Waals surface area contributed by atoms with Crippen LogP contribution in [0.3, 0.4) is 0 Å². The number of carbonyl (C=O) groups excluding carboxylic acids is 1. The van der Waals surface area contributed by atoms with Crippen LogP contribution in [0.15, 0.2) is 29.4 Å². The molecule has 3 rings (SSSR count). The molecule has 0 radical (unpaired) electrons. The first-order valence-electron chi connectivity index (χ1n) is 7.03. The lowest BCUT2D eigenvalue weighted by molar-refractivity contribution is 0.102. The molecule has 0 saturated heterocycles. The first-order valence-corrected chi connectivity index (χ1v) is 8.02. The molecule has 0 amide bonds. The van der Waals surface area contributed by atoms with Crippen molar-refractivity contribution in [3.63, 3.8) is 0 Å². The third kappa shape index (κ3) is 3.15. The Hall–Kier alpha value is -1.69. The van der Waals surface area contributed by atoms with Crippen LogP contribution in [-0.2, 0) is 6.54 Å². The molecule has 0 N–H and O–H groups in total. The number of ketones is 1. The summed E-state index contributed by atoms with van der Waals surface area (Å²) in [6, 6.07) is 5.63. The molecular weight excluding hydrogens is 289 g/mol. The average Bonchev–Trinajstić information content (AvgIpc) is 3.25. The molecule has 110 valence electrons. The molecule has 1 aromatic carbocycles. The molecule has 0 aliphatic heterocycles. The molecular formula is C15H16FN3OS. The van der Waals surface area contributed by atoms with Gasteiger partial charge >= 0.3 is 0 Å². The summed E-state index contributed by atoms with van der Waals surface area (Å²) in [4.78, 5) is 12.1. The maximum atomic E-state index is 12.8. The fourth-order valence-corrected chi connectivity index (χ4v) is 3.10. The summed E-state index contributed by atoms with van der Waals surface area (Å²) in [7, 11) is 0. The molecule has 1 fully saturated rings. The zero-order valence-corrected chi connectivity index (χ0v) is 12.6. The largest absolute Gasteiger partial charge is 0.306 e. The Balaban J connectivity index is 1.67. The molecule has 1 aliphatic rings. The van der Waals surface area contributed by atoms with Crippen LogP contribution in [-0.4, -0.2) is 26.3 Å². The summed E-state index contributed by atoms with van der Waals surface area (Å²) in [6.07, 6.45) is 2.36. The highest BCUT2D eigenvalue weighted by Crippen LogP contribution is 2.39. The van der Waals surface area contributed by atoms with Gasteiger partial charge in [-0.25, -0.2) is 4.39 Å². The zero-order chi connectivity index (χ0) is 14.8. The van der Waals surface area contributed by atoms with Gasteiger partial charge in [0.1, 0.15) is 11.6 Å². The van der Waals surface area contributed by atoms with E-state index >= 15 is 0 Å². The Kier molecular flexibility index (Phi) is 4.05. The van der Waals surface area contributed by atoms with Crippen LogP contribution in [0.4, 0.5) is 4.39 Å². The number of Topliss-reactive ketones (excluding diaryl/α,β-unsaturated/α-hetero) is 1. The second-order valence-corrected chi connectivity index (χ2v) is 6.02. The number of rotatable bonds is 6. The van der Waals surface area contributed by atoms with Crippen molar-refractivity contribution in [3.05, 3.63) is 41.5 Å². The highest BCUT2D eigenvalue weighted by Gasteiger charge is 2.30. The van der Waals surface area contributed by atoms with Gasteiger partial charge in [-0.05, 0) is 44.0 Å². The molecule has 21 heavy (non-hydrogen) atoms. The van der Waals surface area contributed by atoms with Gasteiger partial charge in [0.2, 0.25) is 0 Å². The SMILES string of the molecule is CCn1c(SCC(=O)c2ccc(F)cc2)nnc1C1CC1. The lowest BCUT2D eigenvalue weighted by Gasteiger charge is -2.06. The lowest BCUT2D eigenvalue weighted by Crippen LogP contribution is -2.06. The van der Waals surface area contributed by atoms with E-state index < -0.39 is 0 Å². The number of carbonyl (C=O) groups is 1. The zero-order valence-electron chi connectivity index (χ0n) is 11.8. The van der Waals surface area contributed by atoms with Crippen LogP contribution in [0.1, 0.15) is 41.9 Å². The first kappa shape index (κ1) is 14.3. The minimum atomic E-state index is -0.334. The van der Waals surface area contributed by atoms with E-state index in [-0.39, 0.29) is 17.4 Å². The monoisotopic (exact) mass is 305 g/mol. The highest BCUT2D eigenvalue weighted by molar-refractivity contribution is 7.99. The minimum absolute atomic E-state index is 0.0291. The predicted octanol–water partition coefficient (Wildman–Crippen LogP) is 3.29. The van der Waals surface area contributed by atoms with E-state index in [4.69, 9.17) is 0 Å². The quantitative estimate of drug-likeness (QED) is 0.607. The molecule has 6 heteroatoms. The Labute approximate surface area is 126 Å². The molecule has 0 unspecified atom stereocenters. The topological polar surface area (TPSA) is 47.8 Å². The third-order valence-electron chi connectivity index (χ3n) is 3.50. The smallest absolute Gasteiger partial charge is 0.191 e. The van der Waals surface area contributed by atoms with Crippen molar-refractivity contribution in [1.82, 2.24) is 14.8 Å². The molecule has 4 nitrogen and oxygen atoms in total. The first-order chi connectivity index (χ1) is 10.2. The van der Waals surface area contributed by atoms with Crippen molar-refractivity contribution in [2.24, 2.45) is 0 Å². The van der Waals surface area contributed by atoms with E-state index in [0.29, 0.717) is 11.5 Å². The van der Waals surface area contributed by atoms with E-state index in [1.54, 1.807) is 0 Å². The number of benzene rings is 1. The maximum absolute atomic E-state index is 12.8. The van der Waals surface area contributed by atoms with Crippen LogP contribution in [0, 0.1) is 5.82 Å². The van der Waals surface area contributed by atoms with Gasteiger partial charge in [0.25, 0.3) is 0 Å². The van der Waals surface area contributed by atoms with Gasteiger partial charge in [-0.1, -0.05) is 11.8 Å². The maximum Gasteiger partial charge on any atom is 0.191 e. The molecule has 2 aromatic rings. The lowest BCUT2D eigenvalue weighted by atomic mass is 10.1. The number of thioether (sulfide) groups is 1. The summed E-state index contributed by atoms with van der Waals surface area (Å²) in [5.74, 6) is 1.50. The molecule has 0 spiro atoms. The molecule has 1 saturated carbocycles. The fraction of sp³-hybridized carbons (Fsp3) is 0.400. The molecule has 0 bridgehead atoms. The Morgan fingerprint density at radius 1 is 1.33 bits per heavy atom. The number of nitrogens with zero attached hydrogens (tertiary/aromatic N) is 3. The van der Waals surface area contributed by atoms with Crippen molar-refractivity contribution in [3.8, 4) is 0 Å². The van der Waals surface area contributed by atoms with Crippen molar-refractivity contribution >= 4 is 17.5 Å². The Bertz CT molecular complexity index is 649. The van der Waals surface area contributed by atoms with Crippen LogP contribution in [0.5, 0.6) is 0 Å². The molecule has 1 heterocycles. The minimum Gasteiger partial charge on any atom is -0.306 e. The predicted molar refractivity (Wildman–Crippen MR) is 79.1 cm³/mol. The van der Waals surface area contributed by atoms with Gasteiger partial charge in [0.15, 0.2) is 10.9 Å². The van der Waals surface area contributed by atoms with E-state index in [9.17, 15) is 9.18 Å². The summed E-state index contributed by atoms with van der Waals surface area (Å²) >= 11 is 1.39. The Morgan fingerprint density at radius 3 is 2.67 bits per heavy atom. The summed E-state index contributed by atoms with van der Waals surface area (Å²) < 4.78 is 14.9.